The van der Waals surface area contributed by atoms with Crippen molar-refractivity contribution in [1.82, 2.24) is 9.78 Å². The van der Waals surface area contributed by atoms with E-state index in [1.54, 1.807) is 0 Å². The molecule has 0 fully saturated rings. The highest BCUT2D eigenvalue weighted by Crippen LogP contribution is 2.26. The number of aromatic nitrogens is 2. The Hall–Kier alpha value is -2.11. The molecule has 0 saturated carbocycles. The van der Waals surface area contributed by atoms with Gasteiger partial charge in [-0.25, -0.2) is 4.68 Å². The second kappa shape index (κ2) is 4.47. The second-order valence-electron chi connectivity index (χ2n) is 5.91. The highest BCUT2D eigenvalue weighted by atomic mass is 16.3. The first kappa shape index (κ1) is 14.3. The van der Waals surface area contributed by atoms with Crippen molar-refractivity contribution in [2.24, 2.45) is 0 Å². The molecule has 0 radical (unpaired) electrons. The fraction of sp³-hybridized carbons (Fsp3) is 0.500. The van der Waals surface area contributed by atoms with E-state index in [1.807, 2.05) is 27.7 Å². The Morgan fingerprint density at radius 1 is 1.10 bits per heavy atom. The Morgan fingerprint density at radius 2 is 1.70 bits per heavy atom. The fourth-order valence-electron chi connectivity index (χ4n) is 2.26. The van der Waals surface area contributed by atoms with Gasteiger partial charge in [0, 0.05) is 5.69 Å². The molecule has 0 aliphatic rings. The first-order valence-corrected chi connectivity index (χ1v) is 6.57. The van der Waals surface area contributed by atoms with Crippen molar-refractivity contribution < 1.29 is 5.11 Å². The summed E-state index contributed by atoms with van der Waals surface area (Å²) in [4.78, 5) is 35.2. The molecule has 108 valence electrons. The van der Waals surface area contributed by atoms with E-state index in [9.17, 15) is 19.5 Å². The summed E-state index contributed by atoms with van der Waals surface area (Å²) in [6.07, 6.45) is 1.33. The van der Waals surface area contributed by atoms with Crippen LogP contribution in [0.2, 0.25) is 0 Å². The number of hydrogen-bond donors (Lipinski definition) is 2. The molecule has 0 amide bonds. The van der Waals surface area contributed by atoms with Crippen molar-refractivity contribution in [3.05, 3.63) is 36.5 Å². The Kier molecular flexibility index (Phi) is 3.20. The fourth-order valence-corrected chi connectivity index (χ4v) is 2.26. The summed E-state index contributed by atoms with van der Waals surface area (Å²) in [5.74, 6) is -0.607. The molecule has 6 heteroatoms. The van der Waals surface area contributed by atoms with E-state index in [4.69, 9.17) is 0 Å². The van der Waals surface area contributed by atoms with Gasteiger partial charge in [-0.1, -0.05) is 13.3 Å². The van der Waals surface area contributed by atoms with E-state index >= 15 is 0 Å². The smallest absolute Gasteiger partial charge is 0.275 e. The zero-order valence-electron chi connectivity index (χ0n) is 12.0. The van der Waals surface area contributed by atoms with Gasteiger partial charge in [0.05, 0.1) is 16.7 Å². The number of H-pyrrole nitrogens is 1. The van der Waals surface area contributed by atoms with Gasteiger partial charge >= 0.3 is 0 Å². The van der Waals surface area contributed by atoms with E-state index in [0.717, 1.165) is 6.42 Å². The summed E-state index contributed by atoms with van der Waals surface area (Å²) in [6, 6.07) is 0. The molecule has 0 bridgehead atoms. The predicted octanol–water partition coefficient (Wildman–Crippen LogP) is 0.852. The summed E-state index contributed by atoms with van der Waals surface area (Å²) >= 11 is 0. The van der Waals surface area contributed by atoms with Crippen LogP contribution in [0.15, 0.2) is 14.4 Å². The lowest BCUT2D eigenvalue weighted by Crippen LogP contribution is -2.36. The molecule has 2 N–H and O–H groups in total. The topological polar surface area (TPSA) is 92.2 Å². The van der Waals surface area contributed by atoms with Crippen LogP contribution in [0.1, 0.15) is 39.8 Å². The van der Waals surface area contributed by atoms with Gasteiger partial charge in [-0.3, -0.25) is 19.5 Å². The normalized spacial score (nSPS) is 12.2. The van der Waals surface area contributed by atoms with Crippen molar-refractivity contribution in [1.29, 1.82) is 0 Å². The Balaban J connectivity index is 2.76. The first-order chi connectivity index (χ1) is 9.20. The summed E-state index contributed by atoms with van der Waals surface area (Å²) < 4.78 is 1.42. The highest BCUT2D eigenvalue weighted by Gasteiger charge is 2.30. The van der Waals surface area contributed by atoms with E-state index < -0.39 is 22.1 Å². The average molecular weight is 278 g/mol. The monoisotopic (exact) mass is 278 g/mol. The third-order valence-corrected chi connectivity index (χ3v) is 3.27. The van der Waals surface area contributed by atoms with E-state index in [-0.39, 0.29) is 16.7 Å². The Labute approximate surface area is 115 Å². The molecule has 2 rings (SSSR count). The number of aromatic amines is 1. The van der Waals surface area contributed by atoms with Gasteiger partial charge < -0.3 is 5.11 Å². The highest BCUT2D eigenvalue weighted by molar-refractivity contribution is 5.74. The molecule has 20 heavy (non-hydrogen) atoms. The van der Waals surface area contributed by atoms with Crippen molar-refractivity contribution in [3.8, 4) is 16.9 Å². The van der Waals surface area contributed by atoms with Crippen LogP contribution in [-0.4, -0.2) is 14.9 Å². The molecule has 1 aromatic carbocycles. The maximum absolute atomic E-state index is 12.5. The van der Waals surface area contributed by atoms with Crippen LogP contribution in [0, 0.1) is 0 Å². The maximum Gasteiger partial charge on any atom is 0.275 e. The van der Waals surface area contributed by atoms with Crippen LogP contribution >= 0.6 is 0 Å². The molecule has 0 aliphatic carbocycles. The number of rotatable bonds is 3. The van der Waals surface area contributed by atoms with Crippen molar-refractivity contribution in [3.63, 3.8) is 0 Å². The van der Waals surface area contributed by atoms with Crippen LogP contribution in [-0.2, 0) is 12.0 Å². The van der Waals surface area contributed by atoms with Gasteiger partial charge in [0.15, 0.2) is 5.75 Å². The number of aromatic hydroxyl groups is 1. The number of nitrogens with one attached hydrogen (secondary N) is 1. The van der Waals surface area contributed by atoms with Gasteiger partial charge in [0.2, 0.25) is 5.43 Å². The Morgan fingerprint density at radius 3 is 2.15 bits per heavy atom. The van der Waals surface area contributed by atoms with Crippen molar-refractivity contribution in [2.45, 2.75) is 46.1 Å². The third kappa shape index (κ3) is 1.92. The van der Waals surface area contributed by atoms with Gasteiger partial charge in [0.25, 0.3) is 11.0 Å². The number of nitrogens with zero attached hydrogens (tertiary/aromatic N) is 1. The molecular weight excluding hydrogens is 260 g/mol. The first-order valence-electron chi connectivity index (χ1n) is 6.57. The molecular formula is C14H18N2O4. The van der Waals surface area contributed by atoms with Crippen molar-refractivity contribution >= 4 is 0 Å². The molecule has 0 unspecified atom stereocenters. The standard InChI is InChI=1S/C14H18N2O4/c1-5-6-7-8(9-10(17)12(19)11(9)18)13(20)16(15-7)14(2,3)4/h15,17H,5-6H2,1-4H3. The molecule has 0 aliphatic heterocycles. The Bertz CT molecular complexity index is 780. The third-order valence-electron chi connectivity index (χ3n) is 3.27. The quantitative estimate of drug-likeness (QED) is 0.814. The molecule has 0 atom stereocenters. The van der Waals surface area contributed by atoms with E-state index in [2.05, 4.69) is 5.10 Å². The summed E-state index contributed by atoms with van der Waals surface area (Å²) in [7, 11) is 0. The predicted molar refractivity (Wildman–Crippen MR) is 76.1 cm³/mol. The average Bonchev–Trinajstić information content (AvgIpc) is 2.68. The molecule has 1 aromatic heterocycles. The lowest BCUT2D eigenvalue weighted by atomic mass is 9.98. The zero-order valence-corrected chi connectivity index (χ0v) is 12.0. The summed E-state index contributed by atoms with van der Waals surface area (Å²) in [5.41, 5.74) is -2.03. The van der Waals surface area contributed by atoms with Crippen LogP contribution in [0.5, 0.6) is 5.75 Å². The summed E-state index contributed by atoms with van der Waals surface area (Å²) in [6.45, 7) is 7.50. The largest absolute Gasteiger partial charge is 0.503 e. The minimum Gasteiger partial charge on any atom is -0.503 e. The lowest BCUT2D eigenvalue weighted by molar-refractivity contribution is 0.343. The van der Waals surface area contributed by atoms with E-state index in [0.29, 0.717) is 12.1 Å². The zero-order chi connectivity index (χ0) is 15.2. The van der Waals surface area contributed by atoms with Crippen molar-refractivity contribution in [2.75, 3.05) is 0 Å². The van der Waals surface area contributed by atoms with Gasteiger partial charge in [-0.2, -0.15) is 0 Å². The van der Waals surface area contributed by atoms with E-state index in [1.165, 1.54) is 4.68 Å². The molecule has 2 aromatic rings. The van der Waals surface area contributed by atoms with Gasteiger partial charge in [-0.05, 0) is 27.2 Å². The summed E-state index contributed by atoms with van der Waals surface area (Å²) in [5, 5.41) is 12.6. The number of aryl methyl sites for hydroxylation is 1. The van der Waals surface area contributed by atoms with Crippen LogP contribution in [0.25, 0.3) is 11.1 Å². The SMILES string of the molecule is CCCc1[nH]n(C(C)(C)C)c(=O)c1-c1c(O)c(=O)c1=O. The molecule has 0 spiro atoms. The van der Waals surface area contributed by atoms with Crippen LogP contribution in [0.4, 0.5) is 0 Å². The van der Waals surface area contributed by atoms with Gasteiger partial charge in [0.1, 0.15) is 0 Å². The van der Waals surface area contributed by atoms with Crippen LogP contribution < -0.4 is 16.4 Å². The minimum atomic E-state index is -0.926. The molecule has 6 nitrogen and oxygen atoms in total. The molecule has 1 heterocycles. The van der Waals surface area contributed by atoms with Gasteiger partial charge in [-0.15, -0.1) is 0 Å². The minimum absolute atomic E-state index is 0.129. The lowest BCUT2D eigenvalue weighted by Gasteiger charge is -2.19. The van der Waals surface area contributed by atoms with Crippen LogP contribution in [0.3, 0.4) is 0 Å². The second-order valence-corrected chi connectivity index (χ2v) is 5.91. The molecule has 0 saturated heterocycles. The maximum atomic E-state index is 12.5. The number of hydrogen-bond acceptors (Lipinski definition) is 4.